The average Bonchev–Trinajstić information content (AvgIpc) is 3.59. The highest BCUT2D eigenvalue weighted by molar-refractivity contribution is 5.97. The molecule has 4 heterocycles. The van der Waals surface area contributed by atoms with E-state index in [0.29, 0.717) is 18.3 Å². The molecule has 0 saturated carbocycles. The van der Waals surface area contributed by atoms with E-state index in [9.17, 15) is 4.39 Å². The molecule has 1 amide bonds. The van der Waals surface area contributed by atoms with Gasteiger partial charge in [0, 0.05) is 55.7 Å². The van der Waals surface area contributed by atoms with Crippen molar-refractivity contribution in [2.45, 2.75) is 32.9 Å². The van der Waals surface area contributed by atoms with Gasteiger partial charge in [-0.2, -0.15) is 9.98 Å². The van der Waals surface area contributed by atoms with Crippen molar-refractivity contribution in [2.75, 3.05) is 25.9 Å². The first-order chi connectivity index (χ1) is 20.2. The smallest absolute Gasteiger partial charge is 0.318 e. The molecule has 3 aromatic heterocycles. The third-order valence-corrected chi connectivity index (χ3v) is 6.65. The lowest BCUT2D eigenvalue weighted by molar-refractivity contribution is -0.106. The molecular formula is C28H34FN11O2. The van der Waals surface area contributed by atoms with E-state index in [1.807, 2.05) is 33.2 Å². The lowest BCUT2D eigenvalue weighted by Crippen LogP contribution is -2.25. The van der Waals surface area contributed by atoms with Gasteiger partial charge >= 0.3 is 6.01 Å². The maximum Gasteiger partial charge on any atom is 0.318 e. The van der Waals surface area contributed by atoms with Gasteiger partial charge in [0.05, 0.1) is 17.4 Å². The number of aromatic amines is 1. The monoisotopic (exact) mass is 575 g/mol. The number of allylic oxidation sites excluding steroid dienone is 1. The number of rotatable bonds is 8. The molecule has 1 unspecified atom stereocenters. The van der Waals surface area contributed by atoms with Crippen molar-refractivity contribution < 1.29 is 13.9 Å². The van der Waals surface area contributed by atoms with Crippen molar-refractivity contribution in [3.05, 3.63) is 65.5 Å². The molecule has 4 aromatic rings. The largest absolute Gasteiger partial charge is 0.459 e. The van der Waals surface area contributed by atoms with Gasteiger partial charge in [-0.05, 0) is 37.5 Å². The number of primary amides is 1. The summed E-state index contributed by atoms with van der Waals surface area (Å²) >= 11 is 0. The van der Waals surface area contributed by atoms with Crippen molar-refractivity contribution in [2.24, 2.45) is 16.5 Å². The first kappa shape index (κ1) is 29.9. The van der Waals surface area contributed by atoms with Gasteiger partial charge in [0.2, 0.25) is 6.41 Å². The molecule has 0 bridgehead atoms. The molecule has 1 aromatic carbocycles. The first-order valence-electron chi connectivity index (χ1n) is 13.2. The van der Waals surface area contributed by atoms with Crippen LogP contribution in [0.4, 0.5) is 16.2 Å². The molecule has 1 saturated heterocycles. The second-order valence-corrected chi connectivity index (χ2v) is 9.64. The number of halogens is 1. The number of hydrogen-bond acceptors (Lipinski definition) is 10. The van der Waals surface area contributed by atoms with Crippen molar-refractivity contribution in [3.63, 3.8) is 0 Å². The molecule has 13 nitrogen and oxygen atoms in total. The van der Waals surface area contributed by atoms with Gasteiger partial charge in [0.15, 0.2) is 11.6 Å². The minimum Gasteiger partial charge on any atom is -0.459 e. The molecule has 1 atom stereocenters. The number of nitrogens with two attached hydrogens (primary N) is 3. The molecule has 14 heteroatoms. The van der Waals surface area contributed by atoms with Crippen LogP contribution in [0.5, 0.6) is 6.01 Å². The van der Waals surface area contributed by atoms with Crippen LogP contribution in [-0.4, -0.2) is 68.3 Å². The van der Waals surface area contributed by atoms with Gasteiger partial charge in [-0.1, -0.05) is 18.2 Å². The third kappa shape index (κ3) is 7.14. The van der Waals surface area contributed by atoms with E-state index in [0.717, 1.165) is 64.7 Å². The Labute approximate surface area is 242 Å². The number of amides is 1. The lowest BCUT2D eigenvalue weighted by Gasteiger charge is -2.17. The third-order valence-electron chi connectivity index (χ3n) is 6.65. The highest BCUT2D eigenvalue weighted by Gasteiger charge is 2.26. The fourth-order valence-electron chi connectivity index (χ4n) is 4.59. The van der Waals surface area contributed by atoms with Crippen molar-refractivity contribution >= 4 is 34.9 Å². The number of carbonyl (C=O) groups excluding carboxylic acids is 1. The number of para-hydroxylation sites is 1. The molecular weight excluding hydrogens is 541 g/mol. The minimum atomic E-state index is -0.657. The zero-order chi connectivity index (χ0) is 30.2. The zero-order valence-electron chi connectivity index (χ0n) is 23.6. The number of fused-ring (bicyclic) bond motifs is 1. The summed E-state index contributed by atoms with van der Waals surface area (Å²) in [7, 11) is 1.82. The number of nitrogen functional groups attached to an aromatic ring is 1. The fraction of sp³-hybridized carbons (Fsp3) is 0.286. The van der Waals surface area contributed by atoms with Gasteiger partial charge in [-0.25, -0.2) is 19.3 Å². The van der Waals surface area contributed by atoms with E-state index >= 15 is 0 Å². The molecule has 220 valence electrons. The van der Waals surface area contributed by atoms with Crippen LogP contribution in [0.1, 0.15) is 24.5 Å². The maximum atomic E-state index is 13.4. The number of benzene rings is 1. The molecule has 1 aliphatic heterocycles. The number of amidine groups is 1. The van der Waals surface area contributed by atoms with Crippen molar-refractivity contribution in [1.29, 1.82) is 0 Å². The number of nitrogens with one attached hydrogen (secondary N) is 2. The Balaban J connectivity index is 0.00000129. The van der Waals surface area contributed by atoms with E-state index in [-0.39, 0.29) is 24.3 Å². The van der Waals surface area contributed by atoms with Crippen molar-refractivity contribution in [3.8, 4) is 17.3 Å². The zero-order valence-corrected chi connectivity index (χ0v) is 23.6. The molecule has 1 aliphatic rings. The Kier molecular flexibility index (Phi) is 9.60. The van der Waals surface area contributed by atoms with Crippen LogP contribution < -0.4 is 27.3 Å². The minimum absolute atomic E-state index is 0.0933. The Morgan fingerprint density at radius 2 is 2.10 bits per heavy atom. The van der Waals surface area contributed by atoms with Gasteiger partial charge in [-0.3, -0.25) is 9.69 Å². The number of hydrogen-bond donors (Lipinski definition) is 5. The Bertz CT molecular complexity index is 1620. The van der Waals surface area contributed by atoms with Gasteiger partial charge in [0.1, 0.15) is 11.9 Å². The topological polar surface area (TPSA) is 199 Å². The SMILES string of the molecule is CN/C(C)=C\C(N)=N/c1ncc(C)c(-c2c[nH]c3c(CN4CCC(Oc5ncc(F)c(N)n5)C4)cccc23)n1.NC=O. The van der Waals surface area contributed by atoms with Crippen LogP contribution in [0.25, 0.3) is 22.2 Å². The number of carbonyl (C=O) groups is 1. The number of ether oxygens (including phenoxy) is 1. The summed E-state index contributed by atoms with van der Waals surface area (Å²) in [4.78, 5) is 35.5. The molecule has 0 aliphatic carbocycles. The van der Waals surface area contributed by atoms with Crippen LogP contribution in [0, 0.1) is 12.7 Å². The second-order valence-electron chi connectivity index (χ2n) is 9.64. The van der Waals surface area contributed by atoms with E-state index in [1.54, 1.807) is 12.3 Å². The second kappa shape index (κ2) is 13.5. The van der Waals surface area contributed by atoms with Crippen LogP contribution in [0.2, 0.25) is 0 Å². The highest BCUT2D eigenvalue weighted by Crippen LogP contribution is 2.32. The molecule has 0 spiro atoms. The summed E-state index contributed by atoms with van der Waals surface area (Å²) in [6.45, 7) is 6.15. The fourth-order valence-corrected chi connectivity index (χ4v) is 4.59. The molecule has 1 fully saturated rings. The summed E-state index contributed by atoms with van der Waals surface area (Å²) in [6, 6.07) is 6.33. The van der Waals surface area contributed by atoms with Gasteiger partial charge < -0.3 is 32.2 Å². The quantitative estimate of drug-likeness (QED) is 0.118. The number of H-pyrrole nitrogens is 1. The van der Waals surface area contributed by atoms with Crippen LogP contribution >= 0.6 is 0 Å². The molecule has 5 rings (SSSR count). The maximum absolute atomic E-state index is 13.4. The Morgan fingerprint density at radius 1 is 1.31 bits per heavy atom. The van der Waals surface area contributed by atoms with Crippen LogP contribution in [-0.2, 0) is 11.3 Å². The summed E-state index contributed by atoms with van der Waals surface area (Å²) in [5.74, 6) is -0.254. The highest BCUT2D eigenvalue weighted by atomic mass is 19.1. The van der Waals surface area contributed by atoms with Gasteiger partial charge in [0.25, 0.3) is 5.95 Å². The normalized spacial score (nSPS) is 15.8. The van der Waals surface area contributed by atoms with Crippen LogP contribution in [0.3, 0.4) is 0 Å². The summed E-state index contributed by atoms with van der Waals surface area (Å²) in [5.41, 5.74) is 21.5. The van der Waals surface area contributed by atoms with Crippen molar-refractivity contribution in [1.82, 2.24) is 35.1 Å². The summed E-state index contributed by atoms with van der Waals surface area (Å²) in [6.07, 6.45) is 7.44. The number of aryl methyl sites for hydroxylation is 1. The van der Waals surface area contributed by atoms with E-state index in [4.69, 9.17) is 26.0 Å². The molecule has 0 radical (unpaired) electrons. The first-order valence-corrected chi connectivity index (χ1v) is 13.2. The average molecular weight is 576 g/mol. The number of likely N-dealkylation sites (tertiary alicyclic amines) is 1. The standard InChI is InChI=1S/C27H31FN10O.CH3NO/c1-15-10-33-26(35-22(29)9-16(2)31-3)36-23(15)20-11-32-24-17(5-4-6-19(20)24)13-38-8-7-18(14-38)39-27-34-12-21(28)25(30)37-27;2-1-3/h4-6,9-12,18,31-32H,7-8,13-14H2,1-3H3,(H2,30,34,37)(H2,29,33,35,36);1H,(H2,2,3)/b16-9-;. The lowest BCUT2D eigenvalue weighted by atomic mass is 10.0. The summed E-state index contributed by atoms with van der Waals surface area (Å²) in [5, 5.41) is 4.08. The predicted molar refractivity (Wildman–Crippen MR) is 159 cm³/mol. The van der Waals surface area contributed by atoms with E-state index < -0.39 is 5.82 Å². The number of anilines is 1. The Hall–Kier alpha value is -5.11. The van der Waals surface area contributed by atoms with Crippen LogP contribution in [0.15, 0.2) is 53.6 Å². The molecule has 8 N–H and O–H groups in total. The van der Waals surface area contributed by atoms with E-state index in [2.05, 4.69) is 53.0 Å². The van der Waals surface area contributed by atoms with E-state index in [1.165, 1.54) is 0 Å². The number of aliphatic imine (C=N–C) groups is 1. The number of aromatic nitrogens is 5. The predicted octanol–water partition coefficient (Wildman–Crippen LogP) is 2.31. The number of nitrogens with zero attached hydrogens (tertiary/aromatic N) is 6. The molecule has 42 heavy (non-hydrogen) atoms. The van der Waals surface area contributed by atoms with Gasteiger partial charge in [-0.15, -0.1) is 0 Å². The Morgan fingerprint density at radius 3 is 2.83 bits per heavy atom. The summed E-state index contributed by atoms with van der Waals surface area (Å²) < 4.78 is 19.2.